The summed E-state index contributed by atoms with van der Waals surface area (Å²) >= 11 is 7.96. The molecule has 0 unspecified atom stereocenters. The standard InChI is InChI=1S/C25H27ClFN5O3S.C2H6/c1-25(2,3)35-24(33)32-8-6-31(7-9-32)23-17-12-18(26)19(20(27)21(17)29-36-23)16-11-15(34-5)10-14-13-28-30(4)22(14)16;1-2/h10-13H,6-9H2,1-5H3;1-2H3. The van der Waals surface area contributed by atoms with E-state index in [1.54, 1.807) is 42.1 Å². The van der Waals surface area contributed by atoms with Crippen molar-refractivity contribution >= 4 is 56.0 Å². The molecule has 2 aromatic carbocycles. The van der Waals surface area contributed by atoms with Crippen LogP contribution in [0.1, 0.15) is 34.6 Å². The summed E-state index contributed by atoms with van der Waals surface area (Å²) in [5.41, 5.74) is 1.34. The molecule has 0 aliphatic carbocycles. The first-order valence-electron chi connectivity index (χ1n) is 12.6. The second-order valence-electron chi connectivity index (χ2n) is 9.77. The number of ether oxygens (including phenoxy) is 2. The van der Waals surface area contributed by atoms with Gasteiger partial charge in [0.25, 0.3) is 0 Å². The largest absolute Gasteiger partial charge is 0.497 e. The highest BCUT2D eigenvalue weighted by Crippen LogP contribution is 2.43. The normalized spacial score (nSPS) is 14.0. The molecule has 11 heteroatoms. The molecule has 0 saturated carbocycles. The first kappa shape index (κ1) is 27.9. The van der Waals surface area contributed by atoms with Gasteiger partial charge in [-0.25, -0.2) is 9.18 Å². The molecule has 4 aromatic rings. The molecule has 1 aliphatic heterocycles. The van der Waals surface area contributed by atoms with Gasteiger partial charge < -0.3 is 19.3 Å². The number of hydrogen-bond donors (Lipinski definition) is 0. The van der Waals surface area contributed by atoms with Crippen molar-refractivity contribution < 1.29 is 18.7 Å². The molecule has 1 aliphatic rings. The van der Waals surface area contributed by atoms with E-state index in [4.69, 9.17) is 21.1 Å². The van der Waals surface area contributed by atoms with Gasteiger partial charge in [-0.2, -0.15) is 9.47 Å². The minimum absolute atomic E-state index is 0.266. The highest BCUT2D eigenvalue weighted by atomic mass is 35.5. The molecule has 5 rings (SSSR count). The zero-order chi connectivity index (χ0) is 27.8. The van der Waals surface area contributed by atoms with Gasteiger partial charge >= 0.3 is 6.09 Å². The van der Waals surface area contributed by atoms with Crippen molar-refractivity contribution in [3.63, 3.8) is 0 Å². The van der Waals surface area contributed by atoms with Crippen LogP contribution in [-0.2, 0) is 11.8 Å². The zero-order valence-corrected chi connectivity index (χ0v) is 24.3. The highest BCUT2D eigenvalue weighted by molar-refractivity contribution is 7.11. The summed E-state index contributed by atoms with van der Waals surface area (Å²) in [5.74, 6) is 0.103. The fourth-order valence-electron chi connectivity index (χ4n) is 4.50. The van der Waals surface area contributed by atoms with Crippen LogP contribution in [0, 0.1) is 5.82 Å². The molecule has 1 saturated heterocycles. The van der Waals surface area contributed by atoms with Crippen molar-refractivity contribution in [2.45, 2.75) is 40.2 Å². The summed E-state index contributed by atoms with van der Waals surface area (Å²) in [6.45, 7) is 11.7. The fraction of sp³-hybridized carbons (Fsp3) is 0.444. The van der Waals surface area contributed by atoms with Gasteiger partial charge in [-0.05, 0) is 50.5 Å². The Morgan fingerprint density at radius 1 is 1.13 bits per heavy atom. The summed E-state index contributed by atoms with van der Waals surface area (Å²) in [4.78, 5) is 16.2. The van der Waals surface area contributed by atoms with Crippen LogP contribution in [0.2, 0.25) is 5.02 Å². The minimum atomic E-state index is -0.544. The lowest BCUT2D eigenvalue weighted by atomic mass is 10.00. The third kappa shape index (κ3) is 5.24. The van der Waals surface area contributed by atoms with Gasteiger partial charge in [0, 0.05) is 55.1 Å². The minimum Gasteiger partial charge on any atom is -0.497 e. The quantitative estimate of drug-likeness (QED) is 0.276. The summed E-state index contributed by atoms with van der Waals surface area (Å²) in [7, 11) is 3.37. The van der Waals surface area contributed by atoms with E-state index in [0.717, 1.165) is 15.9 Å². The van der Waals surface area contributed by atoms with Crippen molar-refractivity contribution in [3.05, 3.63) is 35.2 Å². The number of amides is 1. The number of aromatic nitrogens is 3. The maximum atomic E-state index is 16.0. The van der Waals surface area contributed by atoms with Crippen molar-refractivity contribution in [2.24, 2.45) is 7.05 Å². The average Bonchev–Trinajstić information content (AvgIpc) is 3.48. The Hall–Kier alpha value is -3.11. The number of fused-ring (bicyclic) bond motifs is 2. The van der Waals surface area contributed by atoms with Crippen LogP contribution in [0.15, 0.2) is 24.4 Å². The predicted molar refractivity (Wildman–Crippen MR) is 152 cm³/mol. The Morgan fingerprint density at radius 2 is 1.82 bits per heavy atom. The molecule has 1 fully saturated rings. The Bertz CT molecular complexity index is 1470. The molecular formula is C27H33ClFN5O3S. The van der Waals surface area contributed by atoms with E-state index in [1.165, 1.54) is 11.5 Å². The van der Waals surface area contributed by atoms with Gasteiger partial charge in [-0.15, -0.1) is 0 Å². The van der Waals surface area contributed by atoms with Crippen LogP contribution in [0.25, 0.3) is 32.9 Å². The van der Waals surface area contributed by atoms with Gasteiger partial charge in [0.05, 0.1) is 23.8 Å². The van der Waals surface area contributed by atoms with Crippen molar-refractivity contribution in [2.75, 3.05) is 38.2 Å². The van der Waals surface area contributed by atoms with E-state index in [1.807, 2.05) is 40.7 Å². The fourth-order valence-corrected chi connectivity index (χ4v) is 5.70. The summed E-state index contributed by atoms with van der Waals surface area (Å²) in [6, 6.07) is 5.40. The number of hydrogen-bond acceptors (Lipinski definition) is 7. The maximum Gasteiger partial charge on any atom is 0.410 e. The average molecular weight is 562 g/mol. The van der Waals surface area contributed by atoms with E-state index < -0.39 is 11.4 Å². The summed E-state index contributed by atoms with van der Waals surface area (Å²) in [6.07, 6.45) is 1.39. The zero-order valence-electron chi connectivity index (χ0n) is 22.8. The topological polar surface area (TPSA) is 72.7 Å². The molecule has 38 heavy (non-hydrogen) atoms. The number of piperazine rings is 1. The number of anilines is 1. The first-order chi connectivity index (χ1) is 18.1. The van der Waals surface area contributed by atoms with Crippen LogP contribution in [0.4, 0.5) is 14.2 Å². The van der Waals surface area contributed by atoms with Crippen molar-refractivity contribution in [1.82, 2.24) is 19.1 Å². The first-order valence-corrected chi connectivity index (χ1v) is 13.7. The molecule has 3 heterocycles. The van der Waals surface area contributed by atoms with E-state index >= 15 is 4.39 Å². The molecule has 0 spiro atoms. The van der Waals surface area contributed by atoms with Crippen LogP contribution < -0.4 is 9.64 Å². The second kappa shape index (κ2) is 10.9. The molecule has 204 valence electrons. The van der Waals surface area contributed by atoms with Crippen LogP contribution in [0.5, 0.6) is 5.75 Å². The summed E-state index contributed by atoms with van der Waals surface area (Å²) in [5, 5.41) is 6.91. The number of rotatable bonds is 3. The number of benzene rings is 2. The number of halogens is 2. The molecule has 0 bridgehead atoms. The monoisotopic (exact) mass is 561 g/mol. The molecule has 1 amide bonds. The van der Waals surface area contributed by atoms with E-state index in [-0.39, 0.29) is 22.2 Å². The lowest BCUT2D eigenvalue weighted by molar-refractivity contribution is 0.0241. The second-order valence-corrected chi connectivity index (χ2v) is 10.9. The Morgan fingerprint density at radius 3 is 2.45 bits per heavy atom. The number of carbonyl (C=O) groups is 1. The van der Waals surface area contributed by atoms with Crippen LogP contribution >= 0.6 is 23.1 Å². The van der Waals surface area contributed by atoms with Crippen molar-refractivity contribution in [1.29, 1.82) is 0 Å². The summed E-state index contributed by atoms with van der Waals surface area (Å²) < 4.78 is 33.1. The van der Waals surface area contributed by atoms with Crippen molar-refractivity contribution in [3.8, 4) is 16.9 Å². The predicted octanol–water partition coefficient (Wildman–Crippen LogP) is 6.73. The number of carbonyl (C=O) groups excluding carboxylic acids is 1. The number of methoxy groups -OCH3 is 1. The van der Waals surface area contributed by atoms with Gasteiger partial charge in [0.1, 0.15) is 21.9 Å². The van der Waals surface area contributed by atoms with Gasteiger partial charge in [-0.1, -0.05) is 25.4 Å². The van der Waals surface area contributed by atoms with Gasteiger partial charge in [-0.3, -0.25) is 4.68 Å². The van der Waals surface area contributed by atoms with Gasteiger partial charge in [0.15, 0.2) is 5.82 Å². The van der Waals surface area contributed by atoms with E-state index in [2.05, 4.69) is 14.4 Å². The SMILES string of the molecule is CC.COc1cc(-c2c(Cl)cc3c(N4CCN(C(=O)OC(C)(C)C)CC4)snc3c2F)c2c(cnn2C)c1. The third-order valence-corrected chi connectivity index (χ3v) is 7.40. The van der Waals surface area contributed by atoms with Crippen LogP contribution in [0.3, 0.4) is 0 Å². The van der Waals surface area contributed by atoms with E-state index in [0.29, 0.717) is 42.9 Å². The molecule has 0 radical (unpaired) electrons. The molecule has 2 aromatic heterocycles. The molecule has 0 atom stereocenters. The highest BCUT2D eigenvalue weighted by Gasteiger charge is 2.29. The Kier molecular flexibility index (Phi) is 8.04. The molecule has 0 N–H and O–H groups in total. The van der Waals surface area contributed by atoms with Crippen LogP contribution in [-0.4, -0.2) is 64.0 Å². The molecule has 8 nitrogen and oxygen atoms in total. The molecular weight excluding hydrogens is 529 g/mol. The lowest BCUT2D eigenvalue weighted by Gasteiger charge is -2.36. The van der Waals surface area contributed by atoms with E-state index in [9.17, 15) is 4.79 Å². The Labute approximate surface area is 231 Å². The van der Waals surface area contributed by atoms with Gasteiger partial charge in [0.2, 0.25) is 0 Å². The maximum absolute atomic E-state index is 16.0. The smallest absolute Gasteiger partial charge is 0.410 e. The third-order valence-electron chi connectivity index (χ3n) is 6.18. The number of nitrogens with zero attached hydrogens (tertiary/aromatic N) is 5. The number of aryl methyl sites for hydroxylation is 1. The Balaban J connectivity index is 0.00000164. The lowest BCUT2D eigenvalue weighted by Crippen LogP contribution is -2.50.